The fourth-order valence-electron chi connectivity index (χ4n) is 6.69. The van der Waals surface area contributed by atoms with Gasteiger partial charge in [0.2, 0.25) is 0 Å². The summed E-state index contributed by atoms with van der Waals surface area (Å²) >= 11 is 0. The highest BCUT2D eigenvalue weighted by Crippen LogP contribution is 2.32. The van der Waals surface area contributed by atoms with Crippen molar-refractivity contribution in [2.24, 2.45) is 11.8 Å². The van der Waals surface area contributed by atoms with Crippen molar-refractivity contribution in [1.82, 2.24) is 0 Å². The zero-order valence-corrected chi connectivity index (χ0v) is 28.0. The van der Waals surface area contributed by atoms with Crippen LogP contribution in [0.3, 0.4) is 0 Å². The second-order valence-electron chi connectivity index (χ2n) is 13.4. The van der Waals surface area contributed by atoms with Crippen molar-refractivity contribution in [2.45, 2.75) is 219 Å². The number of rotatable bonds is 32. The summed E-state index contributed by atoms with van der Waals surface area (Å²) in [5.74, 6) is -0.829. The van der Waals surface area contributed by atoms with E-state index in [9.17, 15) is 9.59 Å². The SMILES string of the molecule is CCCCCCCCCCCCCCCCCC1C(=O)OC(=O)C1CCCCCCCCCCCCCCCCC. The van der Waals surface area contributed by atoms with E-state index in [1.54, 1.807) is 0 Å². The minimum atomic E-state index is -0.244. The van der Waals surface area contributed by atoms with Crippen molar-refractivity contribution in [3.8, 4) is 0 Å². The van der Waals surface area contributed by atoms with Gasteiger partial charge >= 0.3 is 11.9 Å². The number of carbonyl (C=O) groups excluding carboxylic acids is 2. The van der Waals surface area contributed by atoms with E-state index >= 15 is 0 Å². The molecule has 1 rings (SSSR count). The van der Waals surface area contributed by atoms with E-state index in [4.69, 9.17) is 4.74 Å². The second-order valence-corrected chi connectivity index (χ2v) is 13.4. The van der Waals surface area contributed by atoms with Crippen LogP contribution in [0, 0.1) is 11.8 Å². The molecule has 1 aliphatic rings. The second kappa shape index (κ2) is 29.2. The summed E-state index contributed by atoms with van der Waals surface area (Å²) in [6.07, 6.45) is 42.1. The van der Waals surface area contributed by atoms with Crippen molar-refractivity contribution < 1.29 is 14.3 Å². The van der Waals surface area contributed by atoms with Gasteiger partial charge in [-0.05, 0) is 12.8 Å². The molecule has 3 nitrogen and oxygen atoms in total. The van der Waals surface area contributed by atoms with Gasteiger partial charge in [0.25, 0.3) is 0 Å². The minimum Gasteiger partial charge on any atom is -0.393 e. The first kappa shape index (κ1) is 38.2. The molecule has 0 saturated carbocycles. The third-order valence-corrected chi connectivity index (χ3v) is 9.53. The molecule has 2 unspecified atom stereocenters. The molecule has 1 heterocycles. The Bertz CT molecular complexity index is 536. The molecule has 0 bridgehead atoms. The van der Waals surface area contributed by atoms with Gasteiger partial charge in [-0.15, -0.1) is 0 Å². The van der Waals surface area contributed by atoms with Crippen LogP contribution >= 0.6 is 0 Å². The fraction of sp³-hybridized carbons (Fsp3) is 0.947. The monoisotopic (exact) mass is 577 g/mol. The highest BCUT2D eigenvalue weighted by molar-refractivity contribution is 5.96. The third kappa shape index (κ3) is 22.4. The molecular formula is C38H72O3. The average molecular weight is 577 g/mol. The zero-order chi connectivity index (χ0) is 29.6. The van der Waals surface area contributed by atoms with Gasteiger partial charge in [-0.1, -0.05) is 206 Å². The predicted molar refractivity (Wildman–Crippen MR) is 177 cm³/mol. The minimum absolute atomic E-state index is 0.170. The first-order valence-electron chi connectivity index (χ1n) is 19.0. The topological polar surface area (TPSA) is 43.4 Å². The number of esters is 2. The number of cyclic esters (lactones) is 2. The van der Waals surface area contributed by atoms with E-state index < -0.39 is 0 Å². The summed E-state index contributed by atoms with van der Waals surface area (Å²) in [5, 5.41) is 0. The molecule has 0 radical (unpaired) electrons. The predicted octanol–water partition coefficient (Wildman–Crippen LogP) is 12.8. The van der Waals surface area contributed by atoms with Gasteiger partial charge < -0.3 is 4.74 Å². The van der Waals surface area contributed by atoms with Crippen molar-refractivity contribution in [2.75, 3.05) is 0 Å². The Labute approximate surface area is 257 Å². The van der Waals surface area contributed by atoms with Gasteiger partial charge in [0.15, 0.2) is 0 Å². The molecule has 0 amide bonds. The Hall–Kier alpha value is -0.860. The summed E-state index contributed by atoms with van der Waals surface area (Å²) in [6.45, 7) is 4.57. The molecule has 0 N–H and O–H groups in total. The van der Waals surface area contributed by atoms with Crippen molar-refractivity contribution in [3.63, 3.8) is 0 Å². The van der Waals surface area contributed by atoms with Gasteiger partial charge in [-0.2, -0.15) is 0 Å². The molecule has 0 aromatic heterocycles. The lowest BCUT2D eigenvalue weighted by molar-refractivity contribution is -0.153. The number of unbranched alkanes of at least 4 members (excludes halogenated alkanes) is 28. The Kier molecular flexibility index (Phi) is 27.2. The van der Waals surface area contributed by atoms with E-state index in [0.29, 0.717) is 0 Å². The molecule has 2 atom stereocenters. The zero-order valence-electron chi connectivity index (χ0n) is 28.0. The molecule has 0 aliphatic carbocycles. The maximum atomic E-state index is 12.3. The quantitative estimate of drug-likeness (QED) is 0.0454. The van der Waals surface area contributed by atoms with Gasteiger partial charge in [-0.25, -0.2) is 0 Å². The van der Waals surface area contributed by atoms with Gasteiger partial charge in [0.05, 0.1) is 11.8 Å². The van der Waals surface area contributed by atoms with Crippen LogP contribution in [0.15, 0.2) is 0 Å². The van der Waals surface area contributed by atoms with E-state index in [1.807, 2.05) is 0 Å². The number of carbonyl (C=O) groups is 2. The molecule has 0 spiro atoms. The highest BCUT2D eigenvalue weighted by Gasteiger charge is 2.42. The molecule has 0 aromatic rings. The highest BCUT2D eigenvalue weighted by atomic mass is 16.6. The molecule has 1 fully saturated rings. The Balaban J connectivity index is 1.93. The van der Waals surface area contributed by atoms with Crippen molar-refractivity contribution in [1.29, 1.82) is 0 Å². The number of hydrogen-bond donors (Lipinski definition) is 0. The number of ether oxygens (including phenoxy) is 1. The normalized spacial score (nSPS) is 17.0. The lowest BCUT2D eigenvalue weighted by Crippen LogP contribution is -2.18. The molecular weight excluding hydrogens is 504 g/mol. The van der Waals surface area contributed by atoms with E-state index in [-0.39, 0.29) is 23.8 Å². The first-order chi connectivity index (χ1) is 20.2. The molecule has 1 saturated heterocycles. The smallest absolute Gasteiger partial charge is 0.317 e. The molecule has 242 valence electrons. The summed E-state index contributed by atoms with van der Waals surface area (Å²) in [7, 11) is 0. The van der Waals surface area contributed by atoms with Gasteiger partial charge in [-0.3, -0.25) is 9.59 Å². The standard InChI is InChI=1S/C38H72O3/c1-3-5-7-9-11-13-15-17-19-21-23-25-27-29-31-33-35-36(38(40)41-37(35)39)34-32-30-28-26-24-22-20-18-16-14-12-10-8-6-4-2/h35-36H,3-34H2,1-2H3. The third-order valence-electron chi connectivity index (χ3n) is 9.53. The van der Waals surface area contributed by atoms with Gasteiger partial charge in [0.1, 0.15) is 0 Å². The van der Waals surface area contributed by atoms with Crippen LogP contribution in [-0.2, 0) is 14.3 Å². The van der Waals surface area contributed by atoms with E-state index in [0.717, 1.165) is 25.7 Å². The van der Waals surface area contributed by atoms with Gasteiger partial charge in [0, 0.05) is 0 Å². The van der Waals surface area contributed by atoms with Crippen LogP contribution in [0.25, 0.3) is 0 Å². The van der Waals surface area contributed by atoms with Crippen LogP contribution in [-0.4, -0.2) is 11.9 Å². The van der Waals surface area contributed by atoms with E-state index in [1.165, 1.54) is 180 Å². The molecule has 41 heavy (non-hydrogen) atoms. The van der Waals surface area contributed by atoms with Crippen LogP contribution < -0.4 is 0 Å². The molecule has 0 aromatic carbocycles. The van der Waals surface area contributed by atoms with Crippen LogP contribution in [0.1, 0.15) is 219 Å². The molecule has 1 aliphatic heterocycles. The lowest BCUT2D eigenvalue weighted by Gasteiger charge is -2.13. The van der Waals surface area contributed by atoms with Crippen LogP contribution in [0.4, 0.5) is 0 Å². The Morgan fingerprint density at radius 3 is 0.756 bits per heavy atom. The molecule has 3 heteroatoms. The van der Waals surface area contributed by atoms with Crippen LogP contribution in [0.5, 0.6) is 0 Å². The average Bonchev–Trinajstić information content (AvgIpc) is 3.24. The lowest BCUT2D eigenvalue weighted by atomic mass is 9.86. The first-order valence-corrected chi connectivity index (χ1v) is 19.0. The van der Waals surface area contributed by atoms with Crippen LogP contribution in [0.2, 0.25) is 0 Å². The van der Waals surface area contributed by atoms with E-state index in [2.05, 4.69) is 13.8 Å². The summed E-state index contributed by atoms with van der Waals surface area (Å²) < 4.78 is 5.06. The maximum Gasteiger partial charge on any atom is 0.317 e. The Morgan fingerprint density at radius 1 is 0.341 bits per heavy atom. The number of hydrogen-bond acceptors (Lipinski definition) is 3. The Morgan fingerprint density at radius 2 is 0.537 bits per heavy atom. The summed E-state index contributed by atoms with van der Waals surface area (Å²) in [4.78, 5) is 24.6. The largest absolute Gasteiger partial charge is 0.393 e. The maximum absolute atomic E-state index is 12.3. The summed E-state index contributed by atoms with van der Waals surface area (Å²) in [6, 6.07) is 0. The van der Waals surface area contributed by atoms with Crippen molar-refractivity contribution >= 4 is 11.9 Å². The summed E-state index contributed by atoms with van der Waals surface area (Å²) in [5.41, 5.74) is 0. The fourth-order valence-corrected chi connectivity index (χ4v) is 6.69. The van der Waals surface area contributed by atoms with Crippen molar-refractivity contribution in [3.05, 3.63) is 0 Å².